The van der Waals surface area contributed by atoms with Gasteiger partial charge in [-0.3, -0.25) is 0 Å². The fraction of sp³-hybridized carbons (Fsp3) is 0.0833. The van der Waals surface area contributed by atoms with Crippen LogP contribution in [0.3, 0.4) is 0 Å². The van der Waals surface area contributed by atoms with Gasteiger partial charge in [-0.05, 0) is 102 Å². The molecule has 0 aromatic heterocycles. The zero-order valence-electron chi connectivity index (χ0n) is 27.9. The molecule has 0 saturated carbocycles. The second kappa shape index (κ2) is 11.6. The van der Waals surface area contributed by atoms with Crippen LogP contribution in [0.4, 0.5) is 11.4 Å². The maximum absolute atomic E-state index is 2.50. The molecular formula is C48H37N. The molecule has 0 spiro atoms. The molecule has 1 aliphatic rings. The summed E-state index contributed by atoms with van der Waals surface area (Å²) in [4.78, 5) is 2.50. The first-order valence-electron chi connectivity index (χ1n) is 17.2. The van der Waals surface area contributed by atoms with Crippen LogP contribution in [0.25, 0.3) is 54.9 Å². The van der Waals surface area contributed by atoms with Crippen LogP contribution >= 0.6 is 0 Å². The molecule has 49 heavy (non-hydrogen) atoms. The largest absolute Gasteiger partial charge is 0.337 e. The van der Waals surface area contributed by atoms with E-state index in [4.69, 9.17) is 0 Å². The zero-order chi connectivity index (χ0) is 33.0. The predicted molar refractivity (Wildman–Crippen MR) is 209 cm³/mol. The number of rotatable bonds is 6. The van der Waals surface area contributed by atoms with E-state index in [1.807, 2.05) is 0 Å². The van der Waals surface area contributed by atoms with Crippen molar-refractivity contribution in [3.8, 4) is 33.4 Å². The van der Waals surface area contributed by atoms with Gasteiger partial charge in [0.05, 0.1) is 0 Å². The molecule has 8 aromatic rings. The molecule has 9 rings (SSSR count). The van der Waals surface area contributed by atoms with Crippen molar-refractivity contribution >= 4 is 32.9 Å². The van der Waals surface area contributed by atoms with Crippen LogP contribution in [0, 0.1) is 0 Å². The summed E-state index contributed by atoms with van der Waals surface area (Å²) >= 11 is 0. The average molecular weight is 628 g/mol. The fourth-order valence-electron chi connectivity index (χ4n) is 8.11. The van der Waals surface area contributed by atoms with Crippen LogP contribution in [0.2, 0.25) is 0 Å². The van der Waals surface area contributed by atoms with Gasteiger partial charge in [0.2, 0.25) is 0 Å². The van der Waals surface area contributed by atoms with Gasteiger partial charge in [0.25, 0.3) is 0 Å². The molecule has 0 aliphatic heterocycles. The van der Waals surface area contributed by atoms with Gasteiger partial charge in [-0.25, -0.2) is 0 Å². The van der Waals surface area contributed by atoms with Crippen molar-refractivity contribution in [3.05, 3.63) is 193 Å². The van der Waals surface area contributed by atoms with Crippen LogP contribution in [0.1, 0.15) is 30.5 Å². The molecule has 0 saturated heterocycles. The number of anilines is 2. The van der Waals surface area contributed by atoms with E-state index in [9.17, 15) is 0 Å². The van der Waals surface area contributed by atoms with Crippen molar-refractivity contribution in [2.75, 3.05) is 4.90 Å². The quantitative estimate of drug-likeness (QED) is 0.177. The van der Waals surface area contributed by atoms with Crippen LogP contribution in [0.5, 0.6) is 0 Å². The molecular weight excluding hydrogens is 591 g/mol. The Morgan fingerprint density at radius 1 is 0.449 bits per heavy atom. The molecule has 0 bridgehead atoms. The second-order valence-electron chi connectivity index (χ2n) is 13.8. The number of hydrogen-bond acceptors (Lipinski definition) is 1. The third kappa shape index (κ3) is 4.93. The van der Waals surface area contributed by atoms with E-state index in [1.165, 1.54) is 83.0 Å². The Labute approximate surface area is 288 Å². The Bertz CT molecular complexity index is 2490. The fourth-order valence-corrected chi connectivity index (χ4v) is 8.11. The maximum Gasteiger partial charge on any atom is 0.0487 e. The highest BCUT2D eigenvalue weighted by atomic mass is 15.1. The molecule has 0 heterocycles. The lowest BCUT2D eigenvalue weighted by molar-refractivity contribution is 0.666. The van der Waals surface area contributed by atoms with Gasteiger partial charge in [-0.1, -0.05) is 159 Å². The third-order valence-corrected chi connectivity index (χ3v) is 10.5. The molecule has 0 radical (unpaired) electrons. The lowest BCUT2D eigenvalue weighted by Gasteiger charge is -2.28. The van der Waals surface area contributed by atoms with Crippen LogP contribution < -0.4 is 4.90 Å². The van der Waals surface area contributed by atoms with Crippen molar-refractivity contribution in [1.29, 1.82) is 0 Å². The van der Waals surface area contributed by atoms with Crippen LogP contribution in [-0.2, 0) is 12.0 Å². The predicted octanol–water partition coefficient (Wildman–Crippen LogP) is 13.0. The topological polar surface area (TPSA) is 3.24 Å². The van der Waals surface area contributed by atoms with Crippen LogP contribution in [0.15, 0.2) is 176 Å². The third-order valence-electron chi connectivity index (χ3n) is 10.5. The standard InChI is InChI=1S/C48H37N/c1-48(2)45-28-27-40(31-44(45)46-43(35-18-7-4-8-19-35)30-37-21-11-14-24-42(37)47(46)48)49(39-26-25-33-15-9-10-20-36(33)29-39)32-38-22-12-13-23-41(38)34-16-5-3-6-17-34/h3-31H,32H2,1-2H3. The minimum Gasteiger partial charge on any atom is -0.337 e. The van der Waals surface area contributed by atoms with Gasteiger partial charge in [-0.2, -0.15) is 0 Å². The summed E-state index contributed by atoms with van der Waals surface area (Å²) in [6, 6.07) is 64.6. The lowest BCUT2D eigenvalue weighted by atomic mass is 9.79. The van der Waals surface area contributed by atoms with Crippen molar-refractivity contribution in [3.63, 3.8) is 0 Å². The number of nitrogens with zero attached hydrogens (tertiary/aromatic N) is 1. The molecule has 0 amide bonds. The number of benzene rings is 8. The summed E-state index contributed by atoms with van der Waals surface area (Å²) in [6.45, 7) is 5.53. The number of hydrogen-bond donors (Lipinski definition) is 0. The molecule has 1 nitrogen and oxygen atoms in total. The first-order valence-corrected chi connectivity index (χ1v) is 17.2. The highest BCUT2D eigenvalue weighted by Gasteiger charge is 2.39. The van der Waals surface area contributed by atoms with E-state index < -0.39 is 0 Å². The summed E-state index contributed by atoms with van der Waals surface area (Å²) in [5, 5.41) is 5.12. The van der Waals surface area contributed by atoms with Crippen molar-refractivity contribution < 1.29 is 0 Å². The van der Waals surface area contributed by atoms with Gasteiger partial charge >= 0.3 is 0 Å². The molecule has 1 aliphatic carbocycles. The van der Waals surface area contributed by atoms with Gasteiger partial charge < -0.3 is 4.90 Å². The van der Waals surface area contributed by atoms with Gasteiger partial charge in [0, 0.05) is 23.3 Å². The molecule has 8 aromatic carbocycles. The van der Waals surface area contributed by atoms with Crippen molar-refractivity contribution in [2.45, 2.75) is 25.8 Å². The maximum atomic E-state index is 2.50. The Morgan fingerprint density at radius 3 is 1.82 bits per heavy atom. The second-order valence-corrected chi connectivity index (χ2v) is 13.8. The minimum absolute atomic E-state index is 0.152. The summed E-state index contributed by atoms with van der Waals surface area (Å²) in [5.41, 5.74) is 14.0. The number of fused-ring (bicyclic) bond motifs is 6. The first-order chi connectivity index (χ1) is 24.1. The smallest absolute Gasteiger partial charge is 0.0487 e. The summed E-state index contributed by atoms with van der Waals surface area (Å²) in [6.07, 6.45) is 0. The SMILES string of the molecule is CC1(C)c2ccc(N(Cc3ccccc3-c3ccccc3)c3ccc4ccccc4c3)cc2-c2c(-c3ccccc3)cc3ccccc3c21. The van der Waals surface area contributed by atoms with Gasteiger partial charge in [0.1, 0.15) is 0 Å². The van der Waals surface area contributed by atoms with E-state index in [-0.39, 0.29) is 5.41 Å². The molecule has 0 fully saturated rings. The molecule has 0 atom stereocenters. The molecule has 0 unspecified atom stereocenters. The Hall–Kier alpha value is -5.92. The highest BCUT2D eigenvalue weighted by Crippen LogP contribution is 2.56. The summed E-state index contributed by atoms with van der Waals surface area (Å²) < 4.78 is 0. The molecule has 1 heteroatoms. The monoisotopic (exact) mass is 627 g/mol. The van der Waals surface area contributed by atoms with E-state index >= 15 is 0 Å². The first kappa shape index (κ1) is 29.2. The Balaban J connectivity index is 1.27. The van der Waals surface area contributed by atoms with Crippen molar-refractivity contribution in [2.24, 2.45) is 0 Å². The van der Waals surface area contributed by atoms with Crippen LogP contribution in [-0.4, -0.2) is 0 Å². The normalized spacial score (nSPS) is 12.9. The lowest BCUT2D eigenvalue weighted by Crippen LogP contribution is -2.18. The summed E-state index contributed by atoms with van der Waals surface area (Å²) in [7, 11) is 0. The van der Waals surface area contributed by atoms with Gasteiger partial charge in [0.15, 0.2) is 0 Å². The summed E-state index contributed by atoms with van der Waals surface area (Å²) in [5.74, 6) is 0. The average Bonchev–Trinajstić information content (AvgIpc) is 3.40. The molecule has 234 valence electrons. The van der Waals surface area contributed by atoms with E-state index in [0.717, 1.165) is 6.54 Å². The van der Waals surface area contributed by atoms with Crippen molar-refractivity contribution in [1.82, 2.24) is 0 Å². The van der Waals surface area contributed by atoms with Gasteiger partial charge in [-0.15, -0.1) is 0 Å². The molecule has 0 N–H and O–H groups in total. The minimum atomic E-state index is -0.152. The van der Waals surface area contributed by atoms with E-state index in [1.54, 1.807) is 0 Å². The zero-order valence-corrected chi connectivity index (χ0v) is 27.9. The Kier molecular flexibility index (Phi) is 6.95. The van der Waals surface area contributed by atoms with E-state index in [0.29, 0.717) is 0 Å². The van der Waals surface area contributed by atoms with E-state index in [2.05, 4.69) is 195 Å². The highest BCUT2D eigenvalue weighted by molar-refractivity contribution is 6.05. The Morgan fingerprint density at radius 2 is 1.04 bits per heavy atom.